The molecule has 2 heteroatoms. The highest BCUT2D eigenvalue weighted by atomic mass is 16.4. The lowest BCUT2D eigenvalue weighted by atomic mass is 9.85. The lowest BCUT2D eigenvalue weighted by Gasteiger charge is -2.20. The molecule has 1 N–H and O–H groups in total. The molecule has 0 spiro atoms. The Hall–Kier alpha value is -0.530. The Bertz CT molecular complexity index is 366. The van der Waals surface area contributed by atoms with Gasteiger partial charge in [-0.05, 0) is 18.8 Å². The Morgan fingerprint density at radius 1 is 0.516 bits per heavy atom. The van der Waals surface area contributed by atoms with Crippen LogP contribution in [0.3, 0.4) is 0 Å². The van der Waals surface area contributed by atoms with Crippen LogP contribution in [0.2, 0.25) is 0 Å². The Kier molecular flexibility index (Phi) is 23.7. The maximum Gasteiger partial charge on any atom is 0.306 e. The number of carbonyl (C=O) groups is 1. The first kappa shape index (κ1) is 30.5. The van der Waals surface area contributed by atoms with Crippen LogP contribution in [0.25, 0.3) is 0 Å². The van der Waals surface area contributed by atoms with Crippen LogP contribution in [0.15, 0.2) is 0 Å². The van der Waals surface area contributed by atoms with Gasteiger partial charge in [0.25, 0.3) is 0 Å². The predicted molar refractivity (Wildman–Crippen MR) is 138 cm³/mol. The fraction of sp³-hybridized carbons (Fsp3) is 0.966. The number of carboxylic acid groups (broad SMARTS) is 1. The summed E-state index contributed by atoms with van der Waals surface area (Å²) < 4.78 is 0. The molecule has 31 heavy (non-hydrogen) atoms. The summed E-state index contributed by atoms with van der Waals surface area (Å²) >= 11 is 0. The predicted octanol–water partition coefficient (Wildman–Crippen LogP) is 10.3. The SMILES string of the molecule is CCCCCCCCCCCCCCCC(C(=O)O)C(C)CCCCCCCCCC. The molecule has 2 unspecified atom stereocenters. The van der Waals surface area contributed by atoms with Crippen molar-refractivity contribution in [2.75, 3.05) is 0 Å². The van der Waals surface area contributed by atoms with Crippen molar-refractivity contribution in [3.63, 3.8) is 0 Å². The first-order valence-corrected chi connectivity index (χ1v) is 14.4. The Labute approximate surface area is 196 Å². The van der Waals surface area contributed by atoms with Crippen molar-refractivity contribution in [3.8, 4) is 0 Å². The quantitative estimate of drug-likeness (QED) is 0.144. The van der Waals surface area contributed by atoms with Gasteiger partial charge in [0.15, 0.2) is 0 Å². The summed E-state index contributed by atoms with van der Waals surface area (Å²) in [6, 6.07) is 0. The van der Waals surface area contributed by atoms with Gasteiger partial charge in [-0.2, -0.15) is 0 Å². The number of carboxylic acids is 1. The summed E-state index contributed by atoms with van der Waals surface area (Å²) in [5.41, 5.74) is 0. The minimum Gasteiger partial charge on any atom is -0.481 e. The van der Waals surface area contributed by atoms with E-state index in [4.69, 9.17) is 0 Å². The Balaban J connectivity index is 3.59. The van der Waals surface area contributed by atoms with Crippen molar-refractivity contribution in [1.29, 1.82) is 0 Å². The van der Waals surface area contributed by atoms with Crippen molar-refractivity contribution in [1.82, 2.24) is 0 Å². The van der Waals surface area contributed by atoms with E-state index in [9.17, 15) is 9.90 Å². The zero-order chi connectivity index (χ0) is 23.0. The van der Waals surface area contributed by atoms with Gasteiger partial charge in [0, 0.05) is 0 Å². The van der Waals surface area contributed by atoms with Gasteiger partial charge in [-0.15, -0.1) is 0 Å². The van der Waals surface area contributed by atoms with Gasteiger partial charge >= 0.3 is 5.97 Å². The molecule has 2 nitrogen and oxygen atoms in total. The van der Waals surface area contributed by atoms with E-state index in [0.29, 0.717) is 5.92 Å². The smallest absolute Gasteiger partial charge is 0.306 e. The van der Waals surface area contributed by atoms with E-state index >= 15 is 0 Å². The summed E-state index contributed by atoms with van der Waals surface area (Å²) in [6.45, 7) is 6.71. The second-order valence-corrected chi connectivity index (χ2v) is 10.2. The third-order valence-corrected chi connectivity index (χ3v) is 7.14. The summed E-state index contributed by atoms with van der Waals surface area (Å²) in [4.78, 5) is 11.7. The van der Waals surface area contributed by atoms with E-state index in [2.05, 4.69) is 20.8 Å². The molecule has 0 fully saturated rings. The van der Waals surface area contributed by atoms with Crippen molar-refractivity contribution < 1.29 is 9.90 Å². The van der Waals surface area contributed by atoms with Crippen LogP contribution in [-0.2, 0) is 4.79 Å². The van der Waals surface area contributed by atoms with E-state index in [0.717, 1.165) is 19.3 Å². The third-order valence-electron chi connectivity index (χ3n) is 7.14. The van der Waals surface area contributed by atoms with Crippen LogP contribution in [0.4, 0.5) is 0 Å². The lowest BCUT2D eigenvalue weighted by Crippen LogP contribution is -2.21. The minimum absolute atomic E-state index is 0.128. The van der Waals surface area contributed by atoms with Crippen molar-refractivity contribution in [3.05, 3.63) is 0 Å². The maximum atomic E-state index is 11.7. The minimum atomic E-state index is -0.564. The van der Waals surface area contributed by atoms with Crippen LogP contribution < -0.4 is 0 Å². The Morgan fingerprint density at radius 3 is 1.13 bits per heavy atom. The standard InChI is InChI=1S/C29H58O2/c1-4-6-8-10-12-14-15-16-17-18-20-22-24-26-28(29(30)31)27(3)25-23-21-19-13-11-9-7-5-2/h27-28H,4-26H2,1-3H3,(H,30,31). The largest absolute Gasteiger partial charge is 0.481 e. The van der Waals surface area contributed by atoms with Gasteiger partial charge in [0.2, 0.25) is 0 Å². The molecule has 0 saturated heterocycles. The van der Waals surface area contributed by atoms with E-state index in [1.807, 2.05) is 0 Å². The van der Waals surface area contributed by atoms with Crippen LogP contribution in [0.5, 0.6) is 0 Å². The van der Waals surface area contributed by atoms with E-state index in [1.54, 1.807) is 0 Å². The molecular formula is C29H58O2. The topological polar surface area (TPSA) is 37.3 Å². The molecule has 0 saturated carbocycles. The van der Waals surface area contributed by atoms with Gasteiger partial charge in [0.1, 0.15) is 0 Å². The molecule has 0 aliphatic carbocycles. The summed E-state index contributed by atoms with van der Waals surface area (Å²) in [6.07, 6.45) is 30.1. The average Bonchev–Trinajstić information content (AvgIpc) is 2.75. The first-order chi connectivity index (χ1) is 15.1. The zero-order valence-electron chi connectivity index (χ0n) is 21.8. The molecular weight excluding hydrogens is 380 g/mol. The first-order valence-electron chi connectivity index (χ1n) is 14.4. The molecule has 0 amide bonds. The van der Waals surface area contributed by atoms with Crippen LogP contribution in [0.1, 0.15) is 168 Å². The van der Waals surface area contributed by atoms with Gasteiger partial charge in [0.05, 0.1) is 5.92 Å². The molecule has 0 heterocycles. The van der Waals surface area contributed by atoms with E-state index in [1.165, 1.54) is 128 Å². The third kappa shape index (κ3) is 21.1. The van der Waals surface area contributed by atoms with Gasteiger partial charge in [-0.1, -0.05) is 156 Å². The van der Waals surface area contributed by atoms with Gasteiger partial charge in [-0.25, -0.2) is 0 Å². The molecule has 0 bridgehead atoms. The molecule has 0 aromatic rings. The zero-order valence-corrected chi connectivity index (χ0v) is 21.8. The molecule has 0 aromatic carbocycles. The second-order valence-electron chi connectivity index (χ2n) is 10.2. The Morgan fingerprint density at radius 2 is 0.806 bits per heavy atom. The molecule has 0 aliphatic rings. The van der Waals surface area contributed by atoms with Gasteiger partial charge in [-0.3, -0.25) is 4.79 Å². The van der Waals surface area contributed by atoms with E-state index in [-0.39, 0.29) is 5.92 Å². The van der Waals surface area contributed by atoms with Crippen molar-refractivity contribution >= 4 is 5.97 Å². The van der Waals surface area contributed by atoms with Crippen molar-refractivity contribution in [2.45, 2.75) is 168 Å². The number of hydrogen-bond acceptors (Lipinski definition) is 1. The van der Waals surface area contributed by atoms with Crippen LogP contribution >= 0.6 is 0 Å². The molecule has 0 radical (unpaired) electrons. The monoisotopic (exact) mass is 438 g/mol. The molecule has 0 aromatic heterocycles. The normalized spacial score (nSPS) is 13.4. The average molecular weight is 439 g/mol. The second kappa shape index (κ2) is 24.1. The number of rotatable bonds is 25. The highest BCUT2D eigenvalue weighted by Crippen LogP contribution is 2.25. The summed E-state index contributed by atoms with van der Waals surface area (Å²) in [5, 5.41) is 9.66. The highest BCUT2D eigenvalue weighted by Gasteiger charge is 2.23. The van der Waals surface area contributed by atoms with Crippen LogP contribution in [0, 0.1) is 11.8 Å². The molecule has 2 atom stereocenters. The highest BCUT2D eigenvalue weighted by molar-refractivity contribution is 5.70. The van der Waals surface area contributed by atoms with Crippen LogP contribution in [-0.4, -0.2) is 11.1 Å². The molecule has 186 valence electrons. The number of unbranched alkanes of at least 4 members (excludes halogenated alkanes) is 19. The van der Waals surface area contributed by atoms with Gasteiger partial charge < -0.3 is 5.11 Å². The van der Waals surface area contributed by atoms with Crippen molar-refractivity contribution in [2.24, 2.45) is 11.8 Å². The fourth-order valence-electron chi connectivity index (χ4n) is 4.83. The number of hydrogen-bond donors (Lipinski definition) is 1. The number of aliphatic carboxylic acids is 1. The summed E-state index contributed by atoms with van der Waals surface area (Å²) in [5.74, 6) is -0.363. The molecule has 0 rings (SSSR count). The lowest BCUT2D eigenvalue weighted by molar-refractivity contribution is -0.143. The van der Waals surface area contributed by atoms with E-state index < -0.39 is 5.97 Å². The molecule has 0 aliphatic heterocycles. The summed E-state index contributed by atoms with van der Waals surface area (Å²) in [7, 11) is 0. The fourth-order valence-corrected chi connectivity index (χ4v) is 4.83. The maximum absolute atomic E-state index is 11.7.